The molecule has 1 aromatic rings. The summed E-state index contributed by atoms with van der Waals surface area (Å²) >= 11 is 11.7. The van der Waals surface area contributed by atoms with Crippen molar-refractivity contribution >= 4 is 35.6 Å². The molecule has 0 aliphatic heterocycles. The zero-order valence-corrected chi connectivity index (χ0v) is 10.2. The van der Waals surface area contributed by atoms with E-state index in [9.17, 15) is 4.39 Å². The van der Waals surface area contributed by atoms with E-state index in [1.54, 1.807) is 0 Å². The minimum absolute atomic E-state index is 0. The number of hydrogen-bond acceptors (Lipinski definition) is 1. The number of halogens is 4. The fraction of sp³-hybridized carbons (Fsp3) is 0.400. The van der Waals surface area contributed by atoms with Crippen LogP contribution in [-0.2, 0) is 0 Å². The molecule has 1 nitrogen and oxygen atoms in total. The molecule has 0 spiro atoms. The SMILES string of the molecule is Cl.N[C@@H](c1c(F)ccc(Cl)c1Cl)C1CC1. The summed E-state index contributed by atoms with van der Waals surface area (Å²) in [6.45, 7) is 0. The normalized spacial score (nSPS) is 17.1. The van der Waals surface area contributed by atoms with Crippen molar-refractivity contribution in [3.05, 3.63) is 33.6 Å². The molecule has 5 heteroatoms. The minimum Gasteiger partial charge on any atom is -0.324 e. The Bertz CT molecular complexity index is 366. The molecule has 0 saturated heterocycles. The average Bonchev–Trinajstić information content (AvgIpc) is 2.95. The van der Waals surface area contributed by atoms with Crippen LogP contribution in [0.4, 0.5) is 4.39 Å². The van der Waals surface area contributed by atoms with Gasteiger partial charge >= 0.3 is 0 Å². The highest BCUT2D eigenvalue weighted by Gasteiger charge is 2.32. The fourth-order valence-corrected chi connectivity index (χ4v) is 1.98. The third kappa shape index (κ3) is 2.56. The van der Waals surface area contributed by atoms with Crippen LogP contribution >= 0.6 is 35.6 Å². The van der Waals surface area contributed by atoms with Crippen molar-refractivity contribution in [1.29, 1.82) is 0 Å². The molecule has 1 aliphatic carbocycles. The van der Waals surface area contributed by atoms with Crippen LogP contribution in [0.2, 0.25) is 10.0 Å². The van der Waals surface area contributed by atoms with E-state index in [2.05, 4.69) is 0 Å². The first-order valence-corrected chi connectivity index (χ1v) is 5.26. The van der Waals surface area contributed by atoms with Gasteiger partial charge < -0.3 is 5.73 Å². The van der Waals surface area contributed by atoms with Gasteiger partial charge in [0.1, 0.15) is 5.82 Å². The predicted molar refractivity (Wildman–Crippen MR) is 63.3 cm³/mol. The maximum absolute atomic E-state index is 13.4. The zero-order chi connectivity index (χ0) is 10.3. The van der Waals surface area contributed by atoms with E-state index >= 15 is 0 Å². The maximum Gasteiger partial charge on any atom is 0.129 e. The van der Waals surface area contributed by atoms with E-state index in [1.165, 1.54) is 12.1 Å². The van der Waals surface area contributed by atoms with Gasteiger partial charge in [0.05, 0.1) is 10.0 Å². The fourth-order valence-electron chi connectivity index (χ4n) is 1.54. The van der Waals surface area contributed by atoms with Crippen molar-refractivity contribution in [1.82, 2.24) is 0 Å². The van der Waals surface area contributed by atoms with Gasteiger partial charge in [0.15, 0.2) is 0 Å². The van der Waals surface area contributed by atoms with Gasteiger partial charge in [-0.1, -0.05) is 23.2 Å². The van der Waals surface area contributed by atoms with E-state index in [1.807, 2.05) is 0 Å². The lowest BCUT2D eigenvalue weighted by Crippen LogP contribution is -2.14. The lowest BCUT2D eigenvalue weighted by Gasteiger charge is -2.14. The van der Waals surface area contributed by atoms with Crippen LogP contribution in [-0.4, -0.2) is 0 Å². The molecule has 1 aliphatic rings. The molecule has 15 heavy (non-hydrogen) atoms. The minimum atomic E-state index is -0.362. The van der Waals surface area contributed by atoms with Gasteiger partial charge in [0.2, 0.25) is 0 Å². The van der Waals surface area contributed by atoms with Crippen LogP contribution in [0.15, 0.2) is 12.1 Å². The van der Waals surface area contributed by atoms with Crippen LogP contribution in [0, 0.1) is 11.7 Å². The van der Waals surface area contributed by atoms with Crippen LogP contribution in [0.1, 0.15) is 24.4 Å². The highest BCUT2D eigenvalue weighted by molar-refractivity contribution is 6.42. The van der Waals surface area contributed by atoms with Crippen LogP contribution < -0.4 is 5.73 Å². The van der Waals surface area contributed by atoms with Crippen molar-refractivity contribution in [2.45, 2.75) is 18.9 Å². The molecule has 0 radical (unpaired) electrons. The molecule has 2 rings (SSSR count). The van der Waals surface area contributed by atoms with Crippen molar-refractivity contribution < 1.29 is 4.39 Å². The average molecular weight is 271 g/mol. The Morgan fingerprint density at radius 2 is 1.93 bits per heavy atom. The largest absolute Gasteiger partial charge is 0.324 e. The summed E-state index contributed by atoms with van der Waals surface area (Å²) in [5.74, 6) is -0.000679. The van der Waals surface area contributed by atoms with Gasteiger partial charge in [-0.05, 0) is 30.9 Å². The first-order valence-electron chi connectivity index (χ1n) is 4.50. The molecule has 0 bridgehead atoms. The second kappa shape index (κ2) is 4.88. The molecular formula is C10H11Cl3FN. The first kappa shape index (κ1) is 13.0. The molecule has 84 valence electrons. The standard InChI is InChI=1S/C10H10Cl2FN.ClH/c11-6-3-4-7(13)8(9(6)12)10(14)5-1-2-5;/h3-5,10H,1-2,14H2;1H/t10-;/m1./s1. The molecule has 0 heterocycles. The van der Waals surface area contributed by atoms with Gasteiger partial charge in [-0.25, -0.2) is 4.39 Å². The lowest BCUT2D eigenvalue weighted by molar-refractivity contribution is 0.554. The summed E-state index contributed by atoms with van der Waals surface area (Å²) in [7, 11) is 0. The molecule has 1 saturated carbocycles. The Hall–Kier alpha value is -0.0200. The predicted octanol–water partition coefficient (Wildman–Crippen LogP) is 3.96. The Balaban J connectivity index is 0.00000112. The Morgan fingerprint density at radius 3 is 2.47 bits per heavy atom. The molecule has 0 amide bonds. The molecular weight excluding hydrogens is 259 g/mol. The highest BCUT2D eigenvalue weighted by atomic mass is 35.5. The van der Waals surface area contributed by atoms with Gasteiger partial charge in [-0.2, -0.15) is 0 Å². The topological polar surface area (TPSA) is 26.0 Å². The Morgan fingerprint density at radius 1 is 1.33 bits per heavy atom. The second-order valence-electron chi connectivity index (χ2n) is 3.62. The molecule has 0 unspecified atom stereocenters. The van der Waals surface area contributed by atoms with E-state index in [0.29, 0.717) is 16.5 Å². The molecule has 0 aromatic heterocycles. The third-order valence-electron chi connectivity index (χ3n) is 2.54. The van der Waals surface area contributed by atoms with Crippen molar-refractivity contribution in [3.8, 4) is 0 Å². The zero-order valence-electron chi connectivity index (χ0n) is 7.84. The smallest absolute Gasteiger partial charge is 0.129 e. The highest BCUT2D eigenvalue weighted by Crippen LogP contribution is 2.43. The van der Waals surface area contributed by atoms with Crippen LogP contribution in [0.25, 0.3) is 0 Å². The van der Waals surface area contributed by atoms with Gasteiger partial charge in [0.25, 0.3) is 0 Å². The molecule has 1 atom stereocenters. The number of rotatable bonds is 2. The van der Waals surface area contributed by atoms with Crippen LogP contribution in [0.3, 0.4) is 0 Å². The summed E-state index contributed by atoms with van der Waals surface area (Å²) < 4.78 is 13.4. The maximum atomic E-state index is 13.4. The third-order valence-corrected chi connectivity index (χ3v) is 3.36. The monoisotopic (exact) mass is 269 g/mol. The van der Waals surface area contributed by atoms with Crippen molar-refractivity contribution in [3.63, 3.8) is 0 Å². The molecule has 1 fully saturated rings. The molecule has 2 N–H and O–H groups in total. The van der Waals surface area contributed by atoms with E-state index in [-0.39, 0.29) is 29.3 Å². The summed E-state index contributed by atoms with van der Waals surface area (Å²) in [5, 5.41) is 0.616. The number of hydrogen-bond donors (Lipinski definition) is 1. The van der Waals surface area contributed by atoms with Crippen molar-refractivity contribution in [2.75, 3.05) is 0 Å². The first-order chi connectivity index (χ1) is 6.61. The van der Waals surface area contributed by atoms with Gasteiger partial charge in [-0.15, -0.1) is 12.4 Å². The molecule has 1 aromatic carbocycles. The Labute approximate surface area is 104 Å². The summed E-state index contributed by atoms with van der Waals surface area (Å²) in [5.41, 5.74) is 6.25. The van der Waals surface area contributed by atoms with Crippen molar-refractivity contribution in [2.24, 2.45) is 11.7 Å². The van der Waals surface area contributed by atoms with E-state index in [4.69, 9.17) is 28.9 Å². The number of benzene rings is 1. The van der Waals surface area contributed by atoms with E-state index < -0.39 is 0 Å². The lowest BCUT2D eigenvalue weighted by atomic mass is 10.0. The Kier molecular flexibility index (Phi) is 4.24. The summed E-state index contributed by atoms with van der Waals surface area (Å²) in [4.78, 5) is 0. The van der Waals surface area contributed by atoms with Gasteiger partial charge in [0, 0.05) is 11.6 Å². The van der Waals surface area contributed by atoms with E-state index in [0.717, 1.165) is 12.8 Å². The summed E-state index contributed by atoms with van der Waals surface area (Å²) in [6, 6.07) is 2.44. The second-order valence-corrected chi connectivity index (χ2v) is 4.41. The quantitative estimate of drug-likeness (QED) is 0.809. The van der Waals surface area contributed by atoms with Gasteiger partial charge in [-0.3, -0.25) is 0 Å². The number of nitrogens with two attached hydrogens (primary N) is 1. The van der Waals surface area contributed by atoms with Crippen LogP contribution in [0.5, 0.6) is 0 Å². The summed E-state index contributed by atoms with van der Waals surface area (Å²) in [6.07, 6.45) is 2.09.